The summed E-state index contributed by atoms with van der Waals surface area (Å²) in [6.07, 6.45) is 2.51. The third-order valence-corrected chi connectivity index (χ3v) is 6.81. The lowest BCUT2D eigenvalue weighted by atomic mass is 9.44. The van der Waals surface area contributed by atoms with Gasteiger partial charge in [0.15, 0.2) is 17.8 Å². The smallest absolute Gasteiger partial charge is 0.287 e. The molecular formula is C25H22ClFN2O5. The molecule has 3 fully saturated rings. The standard InChI is InChI=1S/C25H22ClFN2O5/c1-2-14-3-5-16-19(30)9-21(34-20(16)7-14)23(32)29-25-11-24(12-25,13-25)28-22(31)10-33-15-4-6-17(26)18(27)8-15/h3-9H,2,10-13H2,1H3,(H,28,31)(H,29,32). The first-order chi connectivity index (χ1) is 16.2. The Labute approximate surface area is 199 Å². The minimum Gasteiger partial charge on any atom is -0.484 e. The first-order valence-corrected chi connectivity index (χ1v) is 11.4. The van der Waals surface area contributed by atoms with E-state index in [9.17, 15) is 18.8 Å². The van der Waals surface area contributed by atoms with E-state index in [-0.39, 0.29) is 40.0 Å². The largest absolute Gasteiger partial charge is 0.484 e. The highest BCUT2D eigenvalue weighted by atomic mass is 35.5. The number of carbonyl (C=O) groups excluding carboxylic acids is 2. The van der Waals surface area contributed by atoms with Crippen LogP contribution in [0.15, 0.2) is 51.7 Å². The van der Waals surface area contributed by atoms with Crippen LogP contribution in [0.2, 0.25) is 5.02 Å². The fraction of sp³-hybridized carbons (Fsp3) is 0.320. The molecule has 34 heavy (non-hydrogen) atoms. The molecule has 9 heteroatoms. The molecule has 3 saturated carbocycles. The Balaban J connectivity index is 1.16. The average molecular weight is 485 g/mol. The zero-order valence-electron chi connectivity index (χ0n) is 18.4. The van der Waals surface area contributed by atoms with E-state index in [0.29, 0.717) is 30.2 Å². The molecule has 2 amide bonds. The van der Waals surface area contributed by atoms with E-state index in [1.165, 1.54) is 18.2 Å². The van der Waals surface area contributed by atoms with E-state index in [0.717, 1.165) is 18.1 Å². The van der Waals surface area contributed by atoms with Gasteiger partial charge in [0, 0.05) is 23.2 Å². The lowest BCUT2D eigenvalue weighted by molar-refractivity contribution is -0.141. The molecule has 0 spiro atoms. The van der Waals surface area contributed by atoms with Crippen LogP contribution in [0.1, 0.15) is 42.3 Å². The van der Waals surface area contributed by atoms with Gasteiger partial charge in [0.1, 0.15) is 17.1 Å². The van der Waals surface area contributed by atoms with Gasteiger partial charge in [-0.3, -0.25) is 14.4 Å². The molecule has 0 unspecified atom stereocenters. The van der Waals surface area contributed by atoms with E-state index in [1.807, 2.05) is 13.0 Å². The highest BCUT2D eigenvalue weighted by Crippen LogP contribution is 2.60. The number of amides is 2. The van der Waals surface area contributed by atoms with Gasteiger partial charge in [-0.05, 0) is 55.5 Å². The number of halogens is 2. The summed E-state index contributed by atoms with van der Waals surface area (Å²) in [5, 5.41) is 6.30. The van der Waals surface area contributed by atoms with Gasteiger partial charge in [-0.25, -0.2) is 4.39 Å². The van der Waals surface area contributed by atoms with Crippen molar-refractivity contribution < 1.29 is 23.1 Å². The Bertz CT molecular complexity index is 1370. The molecule has 3 aliphatic rings. The van der Waals surface area contributed by atoms with Crippen molar-refractivity contribution in [1.82, 2.24) is 10.6 Å². The van der Waals surface area contributed by atoms with Crippen LogP contribution in [0.5, 0.6) is 5.75 Å². The Morgan fingerprint density at radius 3 is 2.53 bits per heavy atom. The molecule has 1 heterocycles. The van der Waals surface area contributed by atoms with Crippen molar-refractivity contribution in [1.29, 1.82) is 0 Å². The number of hydrogen-bond acceptors (Lipinski definition) is 5. The molecule has 0 aliphatic heterocycles. The quantitative estimate of drug-likeness (QED) is 0.532. The average Bonchev–Trinajstić information content (AvgIpc) is 2.77. The van der Waals surface area contributed by atoms with Crippen molar-refractivity contribution in [2.24, 2.45) is 0 Å². The molecule has 3 aromatic rings. The number of carbonyl (C=O) groups is 2. The minimum absolute atomic E-state index is 0.0216. The number of rotatable bonds is 7. The molecule has 3 aliphatic carbocycles. The van der Waals surface area contributed by atoms with Crippen LogP contribution in [0.25, 0.3) is 11.0 Å². The third-order valence-electron chi connectivity index (χ3n) is 6.50. The zero-order valence-corrected chi connectivity index (χ0v) is 19.1. The van der Waals surface area contributed by atoms with Gasteiger partial charge in [-0.1, -0.05) is 24.6 Å². The Morgan fingerprint density at radius 2 is 1.82 bits per heavy atom. The second-order valence-electron chi connectivity index (χ2n) is 9.12. The molecule has 2 aromatic carbocycles. The van der Waals surface area contributed by atoms with Crippen LogP contribution in [-0.2, 0) is 11.2 Å². The van der Waals surface area contributed by atoms with Crippen LogP contribution < -0.4 is 20.8 Å². The summed E-state index contributed by atoms with van der Waals surface area (Å²) < 4.78 is 24.5. The molecule has 176 valence electrons. The predicted molar refractivity (Wildman–Crippen MR) is 124 cm³/mol. The molecule has 0 saturated heterocycles. The van der Waals surface area contributed by atoms with E-state index in [4.69, 9.17) is 20.8 Å². The monoisotopic (exact) mass is 484 g/mol. The lowest BCUT2D eigenvalue weighted by Crippen LogP contribution is -2.84. The molecule has 0 radical (unpaired) electrons. The highest BCUT2D eigenvalue weighted by Gasteiger charge is 2.69. The van der Waals surface area contributed by atoms with Crippen molar-refractivity contribution in [2.75, 3.05) is 6.61 Å². The lowest BCUT2D eigenvalue weighted by Gasteiger charge is -2.70. The van der Waals surface area contributed by atoms with Gasteiger partial charge in [-0.15, -0.1) is 0 Å². The van der Waals surface area contributed by atoms with E-state index in [2.05, 4.69) is 10.6 Å². The molecule has 1 aromatic heterocycles. The normalized spacial score (nSPS) is 22.4. The summed E-state index contributed by atoms with van der Waals surface area (Å²) in [6, 6.07) is 10.5. The van der Waals surface area contributed by atoms with E-state index in [1.54, 1.807) is 12.1 Å². The fourth-order valence-corrected chi connectivity index (χ4v) is 5.05. The van der Waals surface area contributed by atoms with Crippen molar-refractivity contribution >= 4 is 34.4 Å². The number of benzene rings is 2. The first kappa shape index (κ1) is 22.4. The molecule has 2 N–H and O–H groups in total. The number of ether oxygens (including phenoxy) is 1. The van der Waals surface area contributed by atoms with Crippen molar-refractivity contribution in [2.45, 2.75) is 43.7 Å². The van der Waals surface area contributed by atoms with Gasteiger partial charge >= 0.3 is 0 Å². The van der Waals surface area contributed by atoms with Crippen molar-refractivity contribution in [3.8, 4) is 5.75 Å². The van der Waals surface area contributed by atoms with Gasteiger partial charge < -0.3 is 19.8 Å². The Kier molecular flexibility index (Phi) is 5.36. The van der Waals surface area contributed by atoms with Crippen molar-refractivity contribution in [3.05, 3.63) is 74.9 Å². The van der Waals surface area contributed by atoms with Gasteiger partial charge in [0.05, 0.1) is 10.4 Å². The van der Waals surface area contributed by atoms with Crippen molar-refractivity contribution in [3.63, 3.8) is 0 Å². The second kappa shape index (κ2) is 8.13. The minimum atomic E-state index is -0.621. The van der Waals surface area contributed by atoms with E-state index < -0.39 is 17.3 Å². The molecular weight excluding hydrogens is 463 g/mol. The van der Waals surface area contributed by atoms with Gasteiger partial charge in [0.2, 0.25) is 0 Å². The molecule has 2 bridgehead atoms. The van der Waals surface area contributed by atoms with Crippen LogP contribution >= 0.6 is 11.6 Å². The summed E-state index contributed by atoms with van der Waals surface area (Å²) in [4.78, 5) is 37.5. The van der Waals surface area contributed by atoms with Crippen LogP contribution in [0.3, 0.4) is 0 Å². The third kappa shape index (κ3) is 4.03. The maximum absolute atomic E-state index is 13.5. The molecule has 6 rings (SSSR count). The van der Waals surface area contributed by atoms with Gasteiger partial charge in [0.25, 0.3) is 11.8 Å². The predicted octanol–water partition coefficient (Wildman–Crippen LogP) is 3.75. The molecule has 7 nitrogen and oxygen atoms in total. The number of fused-ring (bicyclic) bond motifs is 1. The topological polar surface area (TPSA) is 97.6 Å². The van der Waals surface area contributed by atoms with E-state index >= 15 is 0 Å². The maximum Gasteiger partial charge on any atom is 0.287 e. The zero-order chi connectivity index (χ0) is 24.1. The summed E-state index contributed by atoms with van der Waals surface area (Å²) in [7, 11) is 0. The second-order valence-corrected chi connectivity index (χ2v) is 9.52. The highest BCUT2D eigenvalue weighted by molar-refractivity contribution is 6.30. The van der Waals surface area contributed by atoms with Crippen LogP contribution in [-0.4, -0.2) is 29.5 Å². The maximum atomic E-state index is 13.5. The van der Waals surface area contributed by atoms with Crippen LogP contribution in [0.4, 0.5) is 4.39 Å². The fourth-order valence-electron chi connectivity index (χ4n) is 4.93. The number of hydrogen-bond donors (Lipinski definition) is 2. The van der Waals surface area contributed by atoms with Gasteiger partial charge in [-0.2, -0.15) is 0 Å². The summed E-state index contributed by atoms with van der Waals surface area (Å²) in [6.45, 7) is 1.74. The SMILES string of the molecule is CCc1ccc2c(=O)cc(C(=O)NC34CC(NC(=O)COc5ccc(Cl)c(F)c5)(C3)C4)oc2c1. The summed E-state index contributed by atoms with van der Waals surface area (Å²) in [5.41, 5.74) is 0.313. The number of aryl methyl sites for hydroxylation is 1. The Hall–Kier alpha value is -3.39. The van der Waals surface area contributed by atoms with Crippen LogP contribution in [0, 0.1) is 5.82 Å². The Morgan fingerprint density at radius 1 is 1.09 bits per heavy atom. The molecule has 0 atom stereocenters. The summed E-state index contributed by atoms with van der Waals surface area (Å²) in [5.74, 6) is -1.22. The first-order valence-electron chi connectivity index (χ1n) is 11.0. The summed E-state index contributed by atoms with van der Waals surface area (Å²) >= 11 is 5.63. The number of nitrogens with one attached hydrogen (secondary N) is 2.